The summed E-state index contributed by atoms with van der Waals surface area (Å²) in [6.07, 6.45) is 3.65. The molecule has 0 aliphatic carbocycles. The van der Waals surface area contributed by atoms with Gasteiger partial charge in [0.2, 0.25) is 5.91 Å². The van der Waals surface area contributed by atoms with Crippen molar-refractivity contribution in [1.29, 1.82) is 0 Å². The third-order valence-electron chi connectivity index (χ3n) is 5.06. The zero-order valence-corrected chi connectivity index (χ0v) is 15.1. The van der Waals surface area contributed by atoms with Gasteiger partial charge in [0.1, 0.15) is 12.4 Å². The summed E-state index contributed by atoms with van der Waals surface area (Å²) in [5, 5.41) is 3.13. The highest BCUT2D eigenvalue weighted by atomic mass is 19.1. The molecule has 1 aromatic heterocycles. The molecule has 1 N–H and O–H groups in total. The van der Waals surface area contributed by atoms with E-state index < -0.39 is 0 Å². The Morgan fingerprint density at radius 2 is 2.00 bits per heavy atom. The lowest BCUT2D eigenvalue weighted by atomic mass is 10.0. The number of aromatic nitrogens is 2. The Balaban J connectivity index is 1.35. The molecule has 1 aliphatic heterocycles. The van der Waals surface area contributed by atoms with Gasteiger partial charge in [-0.2, -0.15) is 0 Å². The van der Waals surface area contributed by atoms with E-state index in [1.54, 1.807) is 12.4 Å². The maximum atomic E-state index is 13.9. The highest BCUT2D eigenvalue weighted by molar-refractivity contribution is 5.80. The molecule has 2 heterocycles. The number of para-hydroxylation sites is 2. The molecule has 1 aliphatic rings. The van der Waals surface area contributed by atoms with E-state index in [0.29, 0.717) is 12.1 Å². The Morgan fingerprint density at radius 3 is 2.89 bits per heavy atom. The summed E-state index contributed by atoms with van der Waals surface area (Å²) in [7, 11) is 0. The SMILES string of the molecule is O=C(Cn1cnc2ccccc21)N[C@H]1CCCN(Cc2ccccc2F)C1. The molecule has 27 heavy (non-hydrogen) atoms. The van der Waals surface area contributed by atoms with Crippen molar-refractivity contribution < 1.29 is 9.18 Å². The molecular weight excluding hydrogens is 343 g/mol. The van der Waals surface area contributed by atoms with E-state index >= 15 is 0 Å². The third kappa shape index (κ3) is 4.17. The minimum absolute atomic E-state index is 0.0177. The summed E-state index contributed by atoms with van der Waals surface area (Å²) in [6.45, 7) is 2.49. The standard InChI is InChI=1S/C21H23FN4O/c22-18-8-2-1-6-16(18)12-25-11-5-7-17(13-25)24-21(27)14-26-15-23-19-9-3-4-10-20(19)26/h1-4,6,8-10,15,17H,5,7,11-14H2,(H,24,27)/t17-/m0/s1. The number of hydrogen-bond donors (Lipinski definition) is 1. The minimum atomic E-state index is -0.171. The van der Waals surface area contributed by atoms with Gasteiger partial charge in [-0.3, -0.25) is 9.69 Å². The highest BCUT2D eigenvalue weighted by Crippen LogP contribution is 2.16. The van der Waals surface area contributed by atoms with Crippen molar-refractivity contribution >= 4 is 16.9 Å². The van der Waals surface area contributed by atoms with Gasteiger partial charge in [-0.05, 0) is 37.6 Å². The third-order valence-corrected chi connectivity index (χ3v) is 5.06. The molecule has 1 saturated heterocycles. The monoisotopic (exact) mass is 366 g/mol. The van der Waals surface area contributed by atoms with Crippen LogP contribution in [0.2, 0.25) is 0 Å². The van der Waals surface area contributed by atoms with E-state index in [-0.39, 0.29) is 24.3 Å². The number of carbonyl (C=O) groups is 1. The fraction of sp³-hybridized carbons (Fsp3) is 0.333. The molecule has 4 rings (SSSR count). The molecule has 6 heteroatoms. The fourth-order valence-electron chi connectivity index (χ4n) is 3.75. The second-order valence-electron chi connectivity index (χ2n) is 7.09. The number of hydrogen-bond acceptors (Lipinski definition) is 3. The van der Waals surface area contributed by atoms with Crippen molar-refractivity contribution in [2.45, 2.75) is 32.0 Å². The topological polar surface area (TPSA) is 50.2 Å². The Kier molecular flexibility index (Phi) is 5.16. The lowest BCUT2D eigenvalue weighted by Gasteiger charge is -2.33. The number of amides is 1. The van der Waals surface area contributed by atoms with E-state index in [1.807, 2.05) is 41.0 Å². The quantitative estimate of drug-likeness (QED) is 0.755. The molecule has 1 atom stereocenters. The molecule has 1 amide bonds. The van der Waals surface area contributed by atoms with Crippen LogP contribution < -0.4 is 5.32 Å². The zero-order valence-electron chi connectivity index (χ0n) is 15.1. The second-order valence-corrected chi connectivity index (χ2v) is 7.09. The van der Waals surface area contributed by atoms with Crippen LogP contribution in [0.25, 0.3) is 11.0 Å². The van der Waals surface area contributed by atoms with Gasteiger partial charge in [-0.1, -0.05) is 30.3 Å². The van der Waals surface area contributed by atoms with Crippen LogP contribution >= 0.6 is 0 Å². The number of carbonyl (C=O) groups excluding carboxylic acids is 1. The average Bonchev–Trinajstić information content (AvgIpc) is 3.07. The molecule has 0 radical (unpaired) electrons. The summed E-state index contributed by atoms with van der Waals surface area (Å²) < 4.78 is 15.8. The number of imidazole rings is 1. The number of piperidine rings is 1. The van der Waals surface area contributed by atoms with Gasteiger partial charge >= 0.3 is 0 Å². The summed E-state index contributed by atoms with van der Waals surface area (Å²) in [6, 6.07) is 14.8. The van der Waals surface area contributed by atoms with Crippen LogP contribution in [-0.2, 0) is 17.9 Å². The molecular formula is C21H23FN4O. The number of fused-ring (bicyclic) bond motifs is 1. The van der Waals surface area contributed by atoms with Crippen LogP contribution in [0.15, 0.2) is 54.9 Å². The van der Waals surface area contributed by atoms with Crippen LogP contribution in [0.1, 0.15) is 18.4 Å². The molecule has 5 nitrogen and oxygen atoms in total. The van der Waals surface area contributed by atoms with E-state index in [2.05, 4.69) is 15.2 Å². The van der Waals surface area contributed by atoms with E-state index in [4.69, 9.17) is 0 Å². The van der Waals surface area contributed by atoms with Crippen LogP contribution in [0.5, 0.6) is 0 Å². The molecule has 2 aromatic carbocycles. The number of benzene rings is 2. The van der Waals surface area contributed by atoms with E-state index in [1.165, 1.54) is 6.07 Å². The summed E-state index contributed by atoms with van der Waals surface area (Å²) in [4.78, 5) is 19.0. The smallest absolute Gasteiger partial charge is 0.240 e. The van der Waals surface area contributed by atoms with Crippen molar-refractivity contribution in [1.82, 2.24) is 19.8 Å². The van der Waals surface area contributed by atoms with Gasteiger partial charge in [0, 0.05) is 24.7 Å². The predicted octanol–water partition coefficient (Wildman–Crippen LogP) is 2.96. The van der Waals surface area contributed by atoms with Crippen LogP contribution in [-0.4, -0.2) is 39.5 Å². The Hall–Kier alpha value is -2.73. The van der Waals surface area contributed by atoms with Crippen LogP contribution in [0, 0.1) is 5.82 Å². The first-order valence-electron chi connectivity index (χ1n) is 9.34. The first kappa shape index (κ1) is 17.7. The number of likely N-dealkylation sites (tertiary alicyclic amines) is 1. The largest absolute Gasteiger partial charge is 0.351 e. The fourth-order valence-corrected chi connectivity index (χ4v) is 3.75. The van der Waals surface area contributed by atoms with Crippen LogP contribution in [0.4, 0.5) is 4.39 Å². The van der Waals surface area contributed by atoms with Crippen molar-refractivity contribution in [2.75, 3.05) is 13.1 Å². The molecule has 0 bridgehead atoms. The molecule has 0 saturated carbocycles. The summed E-state index contributed by atoms with van der Waals surface area (Å²) in [5.41, 5.74) is 2.55. The van der Waals surface area contributed by atoms with Gasteiger partial charge in [0.15, 0.2) is 0 Å². The Bertz CT molecular complexity index is 939. The summed E-state index contributed by atoms with van der Waals surface area (Å²) in [5.74, 6) is -0.188. The highest BCUT2D eigenvalue weighted by Gasteiger charge is 2.22. The first-order valence-corrected chi connectivity index (χ1v) is 9.34. The van der Waals surface area contributed by atoms with Gasteiger partial charge in [-0.25, -0.2) is 9.37 Å². The van der Waals surface area contributed by atoms with E-state index in [0.717, 1.165) is 37.0 Å². The van der Waals surface area contributed by atoms with Gasteiger partial charge in [-0.15, -0.1) is 0 Å². The van der Waals surface area contributed by atoms with Gasteiger partial charge in [0.25, 0.3) is 0 Å². The van der Waals surface area contributed by atoms with Gasteiger partial charge in [0.05, 0.1) is 17.4 Å². The maximum absolute atomic E-state index is 13.9. The first-order chi connectivity index (χ1) is 13.2. The minimum Gasteiger partial charge on any atom is -0.351 e. The van der Waals surface area contributed by atoms with Crippen molar-refractivity contribution in [3.05, 3.63) is 66.2 Å². The zero-order chi connectivity index (χ0) is 18.6. The van der Waals surface area contributed by atoms with E-state index in [9.17, 15) is 9.18 Å². The number of nitrogens with zero attached hydrogens (tertiary/aromatic N) is 3. The van der Waals surface area contributed by atoms with Crippen molar-refractivity contribution in [3.8, 4) is 0 Å². The lowest BCUT2D eigenvalue weighted by Crippen LogP contribution is -2.48. The molecule has 140 valence electrons. The number of halogens is 1. The Labute approximate surface area is 157 Å². The van der Waals surface area contributed by atoms with Crippen molar-refractivity contribution in [3.63, 3.8) is 0 Å². The molecule has 0 spiro atoms. The second kappa shape index (κ2) is 7.88. The summed E-state index contributed by atoms with van der Waals surface area (Å²) >= 11 is 0. The molecule has 0 unspecified atom stereocenters. The van der Waals surface area contributed by atoms with Crippen molar-refractivity contribution in [2.24, 2.45) is 0 Å². The van der Waals surface area contributed by atoms with Crippen LogP contribution in [0.3, 0.4) is 0 Å². The molecule has 1 fully saturated rings. The number of rotatable bonds is 5. The van der Waals surface area contributed by atoms with Gasteiger partial charge < -0.3 is 9.88 Å². The maximum Gasteiger partial charge on any atom is 0.240 e. The predicted molar refractivity (Wildman–Crippen MR) is 103 cm³/mol. The number of nitrogens with one attached hydrogen (secondary N) is 1. The average molecular weight is 366 g/mol. The lowest BCUT2D eigenvalue weighted by molar-refractivity contribution is -0.122. The molecule has 3 aromatic rings. The normalized spacial score (nSPS) is 17.9. The Morgan fingerprint density at radius 1 is 1.19 bits per heavy atom.